The summed E-state index contributed by atoms with van der Waals surface area (Å²) in [6.45, 7) is 6.70. The van der Waals surface area contributed by atoms with Gasteiger partial charge in [0.25, 0.3) is 0 Å². The lowest BCUT2D eigenvalue weighted by Gasteiger charge is -2.16. The summed E-state index contributed by atoms with van der Waals surface area (Å²) in [7, 11) is 0. The van der Waals surface area contributed by atoms with E-state index in [1.807, 2.05) is 0 Å². The number of nitrogens with zero attached hydrogens (tertiary/aromatic N) is 1. The second-order valence-electron chi connectivity index (χ2n) is 6.11. The van der Waals surface area contributed by atoms with Gasteiger partial charge in [-0.3, -0.25) is 0 Å². The first-order valence-electron chi connectivity index (χ1n) is 7.77. The van der Waals surface area contributed by atoms with Crippen molar-refractivity contribution in [2.45, 2.75) is 39.7 Å². The quantitative estimate of drug-likeness (QED) is 0.597. The van der Waals surface area contributed by atoms with Crippen LogP contribution < -0.4 is 0 Å². The number of hydrogen-bond acceptors (Lipinski definition) is 0. The van der Waals surface area contributed by atoms with Crippen LogP contribution in [0.3, 0.4) is 0 Å². The zero-order valence-corrected chi connectivity index (χ0v) is 13.1. The number of rotatable bonds is 4. The topological polar surface area (TPSA) is 4.93 Å². The van der Waals surface area contributed by atoms with Gasteiger partial charge in [-0.25, -0.2) is 0 Å². The maximum atomic E-state index is 2.43. The molecule has 0 bridgehead atoms. The fourth-order valence-electron chi connectivity index (χ4n) is 3.17. The van der Waals surface area contributed by atoms with Gasteiger partial charge in [0.15, 0.2) is 0 Å². The SMILES string of the molecule is Cc1cc(C)c2ccn(C(C)CCc3ccccc3)c2c1. The van der Waals surface area contributed by atoms with Crippen LogP contribution >= 0.6 is 0 Å². The van der Waals surface area contributed by atoms with Gasteiger partial charge in [-0.1, -0.05) is 36.4 Å². The van der Waals surface area contributed by atoms with Gasteiger partial charge < -0.3 is 4.57 Å². The molecular weight excluding hydrogens is 254 g/mol. The second-order valence-corrected chi connectivity index (χ2v) is 6.11. The Kier molecular flexibility index (Phi) is 3.83. The molecule has 1 unspecified atom stereocenters. The van der Waals surface area contributed by atoms with E-state index in [1.54, 1.807) is 0 Å². The Bertz CT molecular complexity index is 737. The Morgan fingerprint density at radius 2 is 1.76 bits per heavy atom. The Hall–Kier alpha value is -2.02. The van der Waals surface area contributed by atoms with E-state index in [9.17, 15) is 0 Å². The number of aryl methyl sites for hydroxylation is 3. The summed E-state index contributed by atoms with van der Waals surface area (Å²) in [5.74, 6) is 0. The number of benzene rings is 2. The first-order chi connectivity index (χ1) is 10.1. The number of aromatic nitrogens is 1. The number of fused-ring (bicyclic) bond motifs is 1. The van der Waals surface area contributed by atoms with Crippen LogP contribution in [0, 0.1) is 13.8 Å². The van der Waals surface area contributed by atoms with Crippen molar-refractivity contribution in [1.82, 2.24) is 4.57 Å². The van der Waals surface area contributed by atoms with E-state index in [0.29, 0.717) is 6.04 Å². The van der Waals surface area contributed by atoms with Crippen molar-refractivity contribution in [3.05, 3.63) is 71.4 Å². The lowest BCUT2D eigenvalue weighted by Crippen LogP contribution is -2.05. The van der Waals surface area contributed by atoms with Crippen molar-refractivity contribution >= 4 is 10.9 Å². The van der Waals surface area contributed by atoms with Gasteiger partial charge in [0.05, 0.1) is 0 Å². The van der Waals surface area contributed by atoms with E-state index in [0.717, 1.165) is 6.42 Å². The zero-order chi connectivity index (χ0) is 14.8. The van der Waals surface area contributed by atoms with Crippen LogP contribution in [0.2, 0.25) is 0 Å². The minimum atomic E-state index is 0.518. The first-order valence-corrected chi connectivity index (χ1v) is 7.77. The molecule has 108 valence electrons. The molecule has 3 rings (SSSR count). The summed E-state index contributed by atoms with van der Waals surface area (Å²) in [5, 5.41) is 1.38. The van der Waals surface area contributed by atoms with Crippen molar-refractivity contribution < 1.29 is 0 Å². The molecule has 0 aliphatic carbocycles. The van der Waals surface area contributed by atoms with Gasteiger partial charge >= 0.3 is 0 Å². The minimum Gasteiger partial charge on any atom is -0.345 e. The molecule has 0 radical (unpaired) electrons. The van der Waals surface area contributed by atoms with Crippen molar-refractivity contribution in [3.8, 4) is 0 Å². The van der Waals surface area contributed by atoms with Crippen molar-refractivity contribution in [2.24, 2.45) is 0 Å². The molecule has 0 spiro atoms. The predicted molar refractivity (Wildman–Crippen MR) is 90.9 cm³/mol. The van der Waals surface area contributed by atoms with Gasteiger partial charge in [-0.05, 0) is 62.4 Å². The molecule has 0 aliphatic rings. The molecule has 0 fully saturated rings. The van der Waals surface area contributed by atoms with Gasteiger partial charge in [0.2, 0.25) is 0 Å². The van der Waals surface area contributed by atoms with Gasteiger partial charge in [-0.15, -0.1) is 0 Å². The highest BCUT2D eigenvalue weighted by atomic mass is 15.0. The van der Waals surface area contributed by atoms with Crippen LogP contribution in [0.25, 0.3) is 10.9 Å². The van der Waals surface area contributed by atoms with E-state index >= 15 is 0 Å². The first kappa shape index (κ1) is 13.9. The third kappa shape index (κ3) is 2.87. The molecule has 0 aliphatic heterocycles. The summed E-state index contributed by atoms with van der Waals surface area (Å²) in [6, 6.07) is 18.1. The van der Waals surface area contributed by atoms with E-state index < -0.39 is 0 Å². The Labute approximate surface area is 127 Å². The van der Waals surface area contributed by atoms with E-state index in [1.165, 1.54) is 34.0 Å². The summed E-state index contributed by atoms with van der Waals surface area (Å²) in [4.78, 5) is 0. The summed E-state index contributed by atoms with van der Waals surface area (Å²) >= 11 is 0. The average molecular weight is 277 g/mol. The molecule has 1 atom stereocenters. The van der Waals surface area contributed by atoms with Crippen LogP contribution in [0.15, 0.2) is 54.7 Å². The van der Waals surface area contributed by atoms with Crippen LogP contribution in [-0.4, -0.2) is 4.57 Å². The molecule has 1 aromatic heterocycles. The molecule has 0 saturated heterocycles. The molecule has 1 nitrogen and oxygen atoms in total. The summed E-state index contributed by atoms with van der Waals surface area (Å²) in [6.07, 6.45) is 4.54. The number of hydrogen-bond donors (Lipinski definition) is 0. The molecule has 1 heteroatoms. The summed E-state index contributed by atoms with van der Waals surface area (Å²) in [5.41, 5.74) is 5.51. The van der Waals surface area contributed by atoms with Crippen molar-refractivity contribution in [1.29, 1.82) is 0 Å². The Balaban J connectivity index is 1.83. The summed E-state index contributed by atoms with van der Waals surface area (Å²) < 4.78 is 2.43. The smallest absolute Gasteiger partial charge is 0.0488 e. The largest absolute Gasteiger partial charge is 0.345 e. The Morgan fingerprint density at radius 1 is 1.00 bits per heavy atom. The minimum absolute atomic E-state index is 0.518. The van der Waals surface area contributed by atoms with Gasteiger partial charge in [-0.2, -0.15) is 0 Å². The highest BCUT2D eigenvalue weighted by Gasteiger charge is 2.10. The molecular formula is C20H23N. The Morgan fingerprint density at radius 3 is 2.52 bits per heavy atom. The zero-order valence-electron chi connectivity index (χ0n) is 13.1. The molecule has 2 aromatic carbocycles. The van der Waals surface area contributed by atoms with Gasteiger partial charge in [0.1, 0.15) is 0 Å². The molecule has 0 saturated carbocycles. The lowest BCUT2D eigenvalue weighted by atomic mass is 10.1. The monoisotopic (exact) mass is 277 g/mol. The van der Waals surface area contributed by atoms with Gasteiger partial charge in [0, 0.05) is 23.1 Å². The van der Waals surface area contributed by atoms with Crippen molar-refractivity contribution in [2.75, 3.05) is 0 Å². The fourth-order valence-corrected chi connectivity index (χ4v) is 3.17. The predicted octanol–water partition coefficient (Wildman–Crippen LogP) is 5.45. The maximum Gasteiger partial charge on any atom is 0.0488 e. The standard InChI is InChI=1S/C20H23N/c1-15-13-16(2)19-11-12-21(20(19)14-15)17(3)9-10-18-7-5-4-6-8-18/h4-8,11-14,17H,9-10H2,1-3H3. The molecule has 0 N–H and O–H groups in total. The van der Waals surface area contributed by atoms with Crippen LogP contribution in [0.4, 0.5) is 0 Å². The van der Waals surface area contributed by atoms with E-state index in [-0.39, 0.29) is 0 Å². The molecule has 3 aromatic rings. The normalized spacial score (nSPS) is 12.7. The highest BCUT2D eigenvalue weighted by molar-refractivity contribution is 5.84. The maximum absolute atomic E-state index is 2.43. The lowest BCUT2D eigenvalue weighted by molar-refractivity contribution is 0.522. The fraction of sp³-hybridized carbons (Fsp3) is 0.300. The van der Waals surface area contributed by atoms with Crippen LogP contribution in [0.5, 0.6) is 0 Å². The third-order valence-electron chi connectivity index (χ3n) is 4.36. The molecule has 1 heterocycles. The second kappa shape index (κ2) is 5.77. The van der Waals surface area contributed by atoms with Crippen LogP contribution in [-0.2, 0) is 6.42 Å². The average Bonchev–Trinajstić information content (AvgIpc) is 2.90. The third-order valence-corrected chi connectivity index (χ3v) is 4.36. The van der Waals surface area contributed by atoms with E-state index in [2.05, 4.69) is 80.1 Å². The van der Waals surface area contributed by atoms with Crippen molar-refractivity contribution in [3.63, 3.8) is 0 Å². The molecule has 21 heavy (non-hydrogen) atoms. The molecule has 0 amide bonds. The highest BCUT2D eigenvalue weighted by Crippen LogP contribution is 2.26. The van der Waals surface area contributed by atoms with Crippen LogP contribution in [0.1, 0.15) is 36.1 Å². The van der Waals surface area contributed by atoms with E-state index in [4.69, 9.17) is 0 Å².